The molecule has 4 aromatic rings. The van der Waals surface area contributed by atoms with Crippen molar-refractivity contribution in [1.82, 2.24) is 24.2 Å². The molecule has 0 bridgehead atoms. The van der Waals surface area contributed by atoms with E-state index in [1.807, 2.05) is 70.3 Å². The van der Waals surface area contributed by atoms with Gasteiger partial charge in [-0.15, -0.1) is 0 Å². The Balaban J connectivity index is 1.53. The molecule has 7 heteroatoms. The first-order valence-corrected chi connectivity index (χ1v) is 9.87. The van der Waals surface area contributed by atoms with Gasteiger partial charge < -0.3 is 13.9 Å². The Hall–Kier alpha value is -3.61. The number of carbonyl (C=O) groups is 1. The van der Waals surface area contributed by atoms with Crippen molar-refractivity contribution in [3.8, 4) is 5.69 Å². The zero-order valence-electron chi connectivity index (χ0n) is 17.6. The maximum absolute atomic E-state index is 13.3. The van der Waals surface area contributed by atoms with E-state index in [0.717, 1.165) is 28.4 Å². The van der Waals surface area contributed by atoms with Crippen LogP contribution in [-0.2, 0) is 6.54 Å². The minimum absolute atomic E-state index is 0.00153. The van der Waals surface area contributed by atoms with Gasteiger partial charge >= 0.3 is 0 Å². The summed E-state index contributed by atoms with van der Waals surface area (Å²) in [5.74, 6) is 0.867. The number of aryl methyl sites for hydroxylation is 1. The lowest BCUT2D eigenvalue weighted by Gasteiger charge is -2.25. The highest BCUT2D eigenvalue weighted by molar-refractivity contribution is 5.95. The molecule has 7 nitrogen and oxygen atoms in total. The topological polar surface area (TPSA) is 69.1 Å². The Morgan fingerprint density at radius 3 is 2.60 bits per heavy atom. The summed E-state index contributed by atoms with van der Waals surface area (Å²) >= 11 is 0. The second-order valence-corrected chi connectivity index (χ2v) is 7.47. The van der Waals surface area contributed by atoms with Gasteiger partial charge in [-0.3, -0.25) is 4.79 Å². The first-order chi connectivity index (χ1) is 14.5. The molecular formula is C23H25N5O2. The minimum atomic E-state index is -0.0737. The molecule has 0 saturated carbocycles. The van der Waals surface area contributed by atoms with Gasteiger partial charge in [-0.25, -0.2) is 9.67 Å². The predicted molar refractivity (Wildman–Crippen MR) is 114 cm³/mol. The van der Waals surface area contributed by atoms with Crippen molar-refractivity contribution in [3.63, 3.8) is 0 Å². The van der Waals surface area contributed by atoms with E-state index in [1.54, 1.807) is 22.2 Å². The average molecular weight is 403 g/mol. The zero-order valence-corrected chi connectivity index (χ0v) is 17.6. The van der Waals surface area contributed by atoms with Crippen molar-refractivity contribution >= 4 is 5.91 Å². The first kappa shape index (κ1) is 19.7. The van der Waals surface area contributed by atoms with Gasteiger partial charge in [-0.05, 0) is 56.7 Å². The third-order valence-electron chi connectivity index (χ3n) is 5.66. The summed E-state index contributed by atoms with van der Waals surface area (Å²) in [5.41, 5.74) is 4.67. The summed E-state index contributed by atoms with van der Waals surface area (Å²) in [6.07, 6.45) is 4.83. The Kier molecular flexibility index (Phi) is 5.27. The van der Waals surface area contributed by atoms with Crippen LogP contribution >= 0.6 is 0 Å². The predicted octanol–water partition coefficient (Wildman–Crippen LogP) is 4.16. The quantitative estimate of drug-likeness (QED) is 0.485. The van der Waals surface area contributed by atoms with Crippen LogP contribution in [0.1, 0.15) is 46.0 Å². The third kappa shape index (κ3) is 3.66. The minimum Gasteiger partial charge on any atom is -0.467 e. The Bertz CT molecular complexity index is 1130. The summed E-state index contributed by atoms with van der Waals surface area (Å²) in [7, 11) is 1.84. The van der Waals surface area contributed by atoms with Crippen LogP contribution in [0.4, 0.5) is 0 Å². The second kappa shape index (κ2) is 8.02. The number of furan rings is 1. The molecule has 0 N–H and O–H groups in total. The van der Waals surface area contributed by atoms with E-state index < -0.39 is 0 Å². The monoisotopic (exact) mass is 403 g/mol. The zero-order chi connectivity index (χ0) is 21.3. The maximum Gasteiger partial charge on any atom is 0.255 e. The molecule has 0 aliphatic carbocycles. The summed E-state index contributed by atoms with van der Waals surface area (Å²) in [4.78, 5) is 19.0. The molecular weight excluding hydrogens is 378 g/mol. The van der Waals surface area contributed by atoms with Gasteiger partial charge in [0.25, 0.3) is 5.91 Å². The molecule has 0 aliphatic rings. The number of amides is 1. The van der Waals surface area contributed by atoms with Crippen molar-refractivity contribution in [2.45, 2.75) is 33.4 Å². The molecule has 0 fully saturated rings. The Morgan fingerprint density at radius 2 is 1.97 bits per heavy atom. The SMILES string of the molecule is Cc1cc(C(=O)N(C)[C@@H](C)c2ccc(-n3cncn3)cc2)c(C)n1Cc1ccco1. The van der Waals surface area contributed by atoms with E-state index in [9.17, 15) is 4.79 Å². The molecule has 154 valence electrons. The number of benzene rings is 1. The van der Waals surface area contributed by atoms with Crippen LogP contribution in [0.15, 0.2) is 65.8 Å². The van der Waals surface area contributed by atoms with Crippen LogP contribution in [0.2, 0.25) is 0 Å². The molecule has 3 heterocycles. The number of hydrogen-bond acceptors (Lipinski definition) is 4. The lowest BCUT2D eigenvalue weighted by Crippen LogP contribution is -2.30. The molecule has 4 rings (SSSR count). The summed E-state index contributed by atoms with van der Waals surface area (Å²) in [5, 5.41) is 4.14. The Labute approximate surface area is 175 Å². The molecule has 1 atom stereocenters. The van der Waals surface area contributed by atoms with E-state index >= 15 is 0 Å². The molecule has 0 unspecified atom stereocenters. The number of carbonyl (C=O) groups excluding carboxylic acids is 1. The highest BCUT2D eigenvalue weighted by Crippen LogP contribution is 2.25. The number of aromatic nitrogens is 4. The summed E-state index contributed by atoms with van der Waals surface area (Å²) < 4.78 is 9.28. The maximum atomic E-state index is 13.3. The van der Waals surface area contributed by atoms with E-state index in [1.165, 1.54) is 6.33 Å². The van der Waals surface area contributed by atoms with Gasteiger partial charge in [-0.1, -0.05) is 12.1 Å². The Morgan fingerprint density at radius 1 is 1.20 bits per heavy atom. The van der Waals surface area contributed by atoms with E-state index in [-0.39, 0.29) is 11.9 Å². The van der Waals surface area contributed by atoms with Crippen LogP contribution in [0.25, 0.3) is 5.69 Å². The van der Waals surface area contributed by atoms with E-state index in [4.69, 9.17) is 4.42 Å². The normalized spacial score (nSPS) is 12.1. The highest BCUT2D eigenvalue weighted by Gasteiger charge is 2.23. The van der Waals surface area contributed by atoms with Crippen molar-refractivity contribution in [3.05, 3.63) is 89.7 Å². The van der Waals surface area contributed by atoms with Crippen LogP contribution in [0, 0.1) is 13.8 Å². The van der Waals surface area contributed by atoms with Crippen molar-refractivity contribution < 1.29 is 9.21 Å². The van der Waals surface area contributed by atoms with Gasteiger partial charge in [0.1, 0.15) is 18.4 Å². The van der Waals surface area contributed by atoms with Crippen LogP contribution in [0.5, 0.6) is 0 Å². The van der Waals surface area contributed by atoms with Gasteiger partial charge in [0.15, 0.2) is 0 Å². The lowest BCUT2D eigenvalue weighted by atomic mass is 10.1. The van der Waals surface area contributed by atoms with Crippen molar-refractivity contribution in [1.29, 1.82) is 0 Å². The number of rotatable bonds is 6. The third-order valence-corrected chi connectivity index (χ3v) is 5.66. The smallest absolute Gasteiger partial charge is 0.255 e. The van der Waals surface area contributed by atoms with Gasteiger partial charge in [0.2, 0.25) is 0 Å². The highest BCUT2D eigenvalue weighted by atomic mass is 16.3. The molecule has 1 aromatic carbocycles. The average Bonchev–Trinajstić information content (AvgIpc) is 3.52. The van der Waals surface area contributed by atoms with Crippen molar-refractivity contribution in [2.24, 2.45) is 0 Å². The van der Waals surface area contributed by atoms with E-state index in [0.29, 0.717) is 12.1 Å². The molecule has 1 amide bonds. The fraction of sp³-hybridized carbons (Fsp3) is 0.261. The lowest BCUT2D eigenvalue weighted by molar-refractivity contribution is 0.0741. The van der Waals surface area contributed by atoms with Gasteiger partial charge in [0, 0.05) is 18.4 Å². The summed E-state index contributed by atoms with van der Waals surface area (Å²) in [6, 6.07) is 13.7. The molecule has 0 spiro atoms. The number of hydrogen-bond donors (Lipinski definition) is 0. The first-order valence-electron chi connectivity index (χ1n) is 9.87. The molecule has 0 saturated heterocycles. The molecule has 30 heavy (non-hydrogen) atoms. The van der Waals surface area contributed by atoms with Gasteiger partial charge in [-0.2, -0.15) is 5.10 Å². The van der Waals surface area contributed by atoms with Crippen molar-refractivity contribution in [2.75, 3.05) is 7.05 Å². The van der Waals surface area contributed by atoms with Crippen LogP contribution in [-0.4, -0.2) is 37.2 Å². The van der Waals surface area contributed by atoms with Crippen LogP contribution < -0.4 is 0 Å². The fourth-order valence-electron chi connectivity index (χ4n) is 3.66. The second-order valence-electron chi connectivity index (χ2n) is 7.47. The molecule has 0 radical (unpaired) electrons. The molecule has 0 aliphatic heterocycles. The molecule has 3 aromatic heterocycles. The summed E-state index contributed by atoms with van der Waals surface area (Å²) in [6.45, 7) is 6.64. The fourth-order valence-corrected chi connectivity index (χ4v) is 3.66. The number of nitrogens with zero attached hydrogens (tertiary/aromatic N) is 5. The largest absolute Gasteiger partial charge is 0.467 e. The van der Waals surface area contributed by atoms with Crippen LogP contribution in [0.3, 0.4) is 0 Å². The standard InChI is InChI=1S/C23H25N5O2/c1-16-12-22(18(3)27(16)13-21-6-5-11-30-21)23(29)26(4)17(2)19-7-9-20(10-8-19)28-15-24-14-25-28/h5-12,14-15,17H,13H2,1-4H3/t17-/m0/s1. The van der Waals surface area contributed by atoms with E-state index in [2.05, 4.69) is 14.6 Å². The van der Waals surface area contributed by atoms with Gasteiger partial charge in [0.05, 0.1) is 30.1 Å².